The zero-order valence-corrected chi connectivity index (χ0v) is 20.6. The Balaban J connectivity index is 1.29. The minimum Gasteiger partial charge on any atom is -0.480 e. The van der Waals surface area contributed by atoms with Crippen molar-refractivity contribution in [1.82, 2.24) is 13.9 Å². The fraction of sp³-hybridized carbons (Fsp3) is 0.231. The Labute approximate surface area is 208 Å². The summed E-state index contributed by atoms with van der Waals surface area (Å²) in [7, 11) is -3.58. The van der Waals surface area contributed by atoms with Crippen LogP contribution in [-0.2, 0) is 21.4 Å². The van der Waals surface area contributed by atoms with Gasteiger partial charge in [-0.15, -0.1) is 0 Å². The van der Waals surface area contributed by atoms with Gasteiger partial charge in [-0.25, -0.2) is 13.4 Å². The van der Waals surface area contributed by atoms with Gasteiger partial charge in [0.25, 0.3) is 0 Å². The first kappa shape index (κ1) is 23.6. The lowest BCUT2D eigenvalue weighted by atomic mass is 9.90. The number of carboxylic acid groups (broad SMARTS) is 1. The van der Waals surface area contributed by atoms with Crippen LogP contribution in [0.15, 0.2) is 93.8 Å². The number of aromatic nitrogens is 2. The Morgan fingerprint density at radius 2 is 1.66 bits per heavy atom. The number of nitrogens with zero attached hydrogens (tertiary/aromatic N) is 3. The molecule has 1 saturated heterocycles. The van der Waals surface area contributed by atoms with Crippen molar-refractivity contribution < 1.29 is 18.3 Å². The lowest BCUT2D eigenvalue weighted by Crippen LogP contribution is -2.37. The summed E-state index contributed by atoms with van der Waals surface area (Å²) < 4.78 is 29.8. The quantitative estimate of drug-likeness (QED) is 0.385. The average Bonchev–Trinajstić information content (AvgIpc) is 3.23. The number of hydrogen-bond acceptors (Lipinski definition) is 5. The van der Waals surface area contributed by atoms with E-state index in [1.54, 1.807) is 39.0 Å². The molecule has 0 amide bonds. The van der Waals surface area contributed by atoms with Gasteiger partial charge in [-0.3, -0.25) is 4.79 Å². The number of sulfonamides is 1. The van der Waals surface area contributed by atoms with E-state index in [9.17, 15) is 18.3 Å². The topological polar surface area (TPSA) is 92.5 Å². The summed E-state index contributed by atoms with van der Waals surface area (Å²) in [6.07, 6.45) is 4.86. The molecule has 0 spiro atoms. The van der Waals surface area contributed by atoms with Crippen LogP contribution in [0.2, 0.25) is 0 Å². The Hall–Kier alpha value is -3.14. The summed E-state index contributed by atoms with van der Waals surface area (Å²) in [5, 5.41) is 10.2. The van der Waals surface area contributed by atoms with Crippen LogP contribution in [0.4, 0.5) is 0 Å². The molecule has 7 nitrogen and oxygen atoms in total. The number of benzene rings is 2. The number of hydrogen-bond donors (Lipinski definition) is 1. The van der Waals surface area contributed by atoms with E-state index in [0.717, 1.165) is 20.7 Å². The van der Waals surface area contributed by atoms with Gasteiger partial charge in [-0.1, -0.05) is 30.0 Å². The Kier molecular flexibility index (Phi) is 6.64. The molecule has 35 heavy (non-hydrogen) atoms. The van der Waals surface area contributed by atoms with E-state index in [2.05, 4.69) is 4.98 Å². The highest BCUT2D eigenvalue weighted by Crippen LogP contribution is 2.36. The number of rotatable bonds is 7. The maximum atomic E-state index is 13.3. The minimum absolute atomic E-state index is 0.146. The van der Waals surface area contributed by atoms with Crippen LogP contribution in [-0.4, -0.2) is 46.4 Å². The van der Waals surface area contributed by atoms with Gasteiger partial charge in [0.1, 0.15) is 12.2 Å². The van der Waals surface area contributed by atoms with Crippen molar-refractivity contribution in [2.45, 2.75) is 40.0 Å². The number of carbonyl (C=O) groups is 1. The largest absolute Gasteiger partial charge is 0.480 e. The zero-order valence-electron chi connectivity index (χ0n) is 18.9. The third kappa shape index (κ3) is 4.98. The lowest BCUT2D eigenvalue weighted by Gasteiger charge is -2.31. The molecule has 3 heterocycles. The molecule has 1 aliphatic heterocycles. The predicted molar refractivity (Wildman–Crippen MR) is 135 cm³/mol. The van der Waals surface area contributed by atoms with E-state index >= 15 is 0 Å². The molecule has 2 aromatic carbocycles. The van der Waals surface area contributed by atoms with Crippen molar-refractivity contribution in [3.63, 3.8) is 0 Å². The first-order valence-corrected chi connectivity index (χ1v) is 13.7. The first-order chi connectivity index (χ1) is 16.9. The Morgan fingerprint density at radius 3 is 2.34 bits per heavy atom. The molecular formula is C26H25N3O4S2. The van der Waals surface area contributed by atoms with Crippen molar-refractivity contribution in [2.75, 3.05) is 13.1 Å². The third-order valence-corrected chi connectivity index (χ3v) is 9.23. The Morgan fingerprint density at radius 1 is 0.971 bits per heavy atom. The van der Waals surface area contributed by atoms with Gasteiger partial charge in [0.15, 0.2) is 0 Å². The third-order valence-electron chi connectivity index (χ3n) is 6.30. The van der Waals surface area contributed by atoms with Crippen LogP contribution in [0.1, 0.15) is 24.3 Å². The zero-order chi connectivity index (χ0) is 24.4. The van der Waals surface area contributed by atoms with E-state index in [-0.39, 0.29) is 12.5 Å². The molecule has 9 heteroatoms. The molecular weight excluding hydrogens is 482 g/mol. The van der Waals surface area contributed by atoms with Crippen LogP contribution in [0.25, 0.3) is 11.0 Å². The molecule has 180 valence electrons. The van der Waals surface area contributed by atoms with E-state index in [1.165, 1.54) is 0 Å². The highest BCUT2D eigenvalue weighted by Gasteiger charge is 2.31. The second kappa shape index (κ2) is 9.85. The number of carboxylic acids is 1. The van der Waals surface area contributed by atoms with Crippen LogP contribution in [0.3, 0.4) is 0 Å². The average molecular weight is 508 g/mol. The molecule has 0 unspecified atom stereocenters. The second-order valence-electron chi connectivity index (χ2n) is 8.55. The predicted octanol–water partition coefficient (Wildman–Crippen LogP) is 4.84. The van der Waals surface area contributed by atoms with Gasteiger partial charge in [0.2, 0.25) is 10.0 Å². The van der Waals surface area contributed by atoms with Gasteiger partial charge >= 0.3 is 5.97 Å². The fourth-order valence-electron chi connectivity index (χ4n) is 4.60. The number of fused-ring (bicyclic) bond motifs is 1. The van der Waals surface area contributed by atoms with E-state index in [1.807, 2.05) is 60.8 Å². The van der Waals surface area contributed by atoms with Crippen molar-refractivity contribution in [1.29, 1.82) is 0 Å². The highest BCUT2D eigenvalue weighted by atomic mass is 32.2. The number of pyridine rings is 1. The minimum atomic E-state index is -3.58. The molecule has 1 aliphatic rings. The van der Waals surface area contributed by atoms with Gasteiger partial charge in [0.05, 0.1) is 4.90 Å². The molecule has 0 radical (unpaired) electrons. The van der Waals surface area contributed by atoms with E-state index in [4.69, 9.17) is 0 Å². The second-order valence-corrected chi connectivity index (χ2v) is 11.6. The van der Waals surface area contributed by atoms with E-state index < -0.39 is 16.0 Å². The number of piperidine rings is 1. The first-order valence-electron chi connectivity index (χ1n) is 11.4. The molecule has 0 atom stereocenters. The molecule has 0 saturated carbocycles. The summed E-state index contributed by atoms with van der Waals surface area (Å²) in [6, 6.07) is 20.8. The standard InChI is InChI=1S/C26H25N3O4S2/c30-25(31)18-28-17-24(23-7-4-14-27-26(23)28)19-12-15-29(16-13-19)35(32,33)22-10-8-21(9-11-22)34-20-5-2-1-3-6-20/h1-11,14,17,19H,12-13,15-16,18H2,(H,30,31). The van der Waals surface area contributed by atoms with Crippen LogP contribution >= 0.6 is 11.8 Å². The molecule has 1 N–H and O–H groups in total. The number of aliphatic carboxylic acids is 1. The van der Waals surface area contributed by atoms with Crippen LogP contribution in [0, 0.1) is 0 Å². The highest BCUT2D eigenvalue weighted by molar-refractivity contribution is 7.99. The lowest BCUT2D eigenvalue weighted by molar-refractivity contribution is -0.137. The van der Waals surface area contributed by atoms with Crippen molar-refractivity contribution in [3.05, 3.63) is 84.7 Å². The maximum absolute atomic E-state index is 13.3. The van der Waals surface area contributed by atoms with Gasteiger partial charge in [-0.05, 0) is 72.9 Å². The molecule has 4 aromatic rings. The summed E-state index contributed by atoms with van der Waals surface area (Å²) in [5.41, 5.74) is 1.68. The summed E-state index contributed by atoms with van der Waals surface area (Å²) in [4.78, 5) is 18.0. The molecule has 5 rings (SSSR count). The molecule has 0 aliphatic carbocycles. The smallest absolute Gasteiger partial charge is 0.323 e. The van der Waals surface area contributed by atoms with Gasteiger partial charge in [0, 0.05) is 40.7 Å². The summed E-state index contributed by atoms with van der Waals surface area (Å²) in [6.45, 7) is 0.679. The van der Waals surface area contributed by atoms with Crippen molar-refractivity contribution in [2.24, 2.45) is 0 Å². The van der Waals surface area contributed by atoms with Gasteiger partial charge in [-0.2, -0.15) is 4.31 Å². The summed E-state index contributed by atoms with van der Waals surface area (Å²) >= 11 is 1.59. The van der Waals surface area contributed by atoms with Crippen molar-refractivity contribution in [3.8, 4) is 0 Å². The van der Waals surface area contributed by atoms with E-state index in [0.29, 0.717) is 36.5 Å². The molecule has 1 fully saturated rings. The monoisotopic (exact) mass is 507 g/mol. The molecule has 2 aromatic heterocycles. The fourth-order valence-corrected chi connectivity index (χ4v) is 6.91. The SMILES string of the molecule is O=C(O)Cn1cc(C2CCN(S(=O)(=O)c3ccc(Sc4ccccc4)cc3)CC2)c2cccnc21. The van der Waals surface area contributed by atoms with Crippen LogP contribution < -0.4 is 0 Å². The Bertz CT molecular complexity index is 1440. The van der Waals surface area contributed by atoms with Gasteiger partial charge < -0.3 is 9.67 Å². The molecule has 0 bridgehead atoms. The summed E-state index contributed by atoms with van der Waals surface area (Å²) in [5.74, 6) is -0.777. The van der Waals surface area contributed by atoms with Crippen molar-refractivity contribution >= 4 is 38.8 Å². The van der Waals surface area contributed by atoms with Crippen LogP contribution in [0.5, 0.6) is 0 Å². The normalized spacial score (nSPS) is 15.4. The maximum Gasteiger partial charge on any atom is 0.323 e.